The summed E-state index contributed by atoms with van der Waals surface area (Å²) in [7, 11) is 0. The Kier molecular flexibility index (Phi) is 7.77. The maximum atomic E-state index is 12.4. The molecule has 0 spiro atoms. The van der Waals surface area contributed by atoms with Crippen LogP contribution in [0.5, 0.6) is 0 Å². The van der Waals surface area contributed by atoms with Gasteiger partial charge < -0.3 is 15.2 Å². The van der Waals surface area contributed by atoms with E-state index in [-0.39, 0.29) is 31.3 Å². The van der Waals surface area contributed by atoms with Crippen molar-refractivity contribution in [3.8, 4) is 11.1 Å². The SMILES string of the molecule is O=C(O)CCCCNC(=O)Cc1ccc(NC(=O)OCC2c3ccccc3-c3ccccc32)cc1. The summed E-state index contributed by atoms with van der Waals surface area (Å²) < 4.78 is 5.57. The van der Waals surface area contributed by atoms with Crippen LogP contribution < -0.4 is 10.6 Å². The molecule has 0 saturated carbocycles. The Morgan fingerprint density at radius 3 is 2.09 bits per heavy atom. The van der Waals surface area contributed by atoms with E-state index in [1.807, 2.05) is 24.3 Å². The van der Waals surface area contributed by atoms with Crippen molar-refractivity contribution in [2.24, 2.45) is 0 Å². The van der Waals surface area contributed by atoms with Crippen molar-refractivity contribution in [3.63, 3.8) is 0 Å². The number of carbonyl (C=O) groups is 3. The van der Waals surface area contributed by atoms with Crippen molar-refractivity contribution in [2.45, 2.75) is 31.6 Å². The van der Waals surface area contributed by atoms with E-state index in [1.54, 1.807) is 24.3 Å². The number of nitrogens with one attached hydrogen (secondary N) is 2. The molecule has 2 amide bonds. The van der Waals surface area contributed by atoms with E-state index < -0.39 is 12.1 Å². The zero-order chi connectivity index (χ0) is 24.6. The van der Waals surface area contributed by atoms with Crippen molar-refractivity contribution >= 4 is 23.7 Å². The topological polar surface area (TPSA) is 105 Å². The molecule has 0 radical (unpaired) electrons. The van der Waals surface area contributed by atoms with Gasteiger partial charge in [-0.15, -0.1) is 0 Å². The summed E-state index contributed by atoms with van der Waals surface area (Å²) in [5.74, 6) is -0.959. The van der Waals surface area contributed by atoms with E-state index in [0.717, 1.165) is 16.7 Å². The highest BCUT2D eigenvalue weighted by Gasteiger charge is 2.29. The second-order valence-corrected chi connectivity index (χ2v) is 8.53. The van der Waals surface area contributed by atoms with Gasteiger partial charge in [-0.2, -0.15) is 0 Å². The maximum absolute atomic E-state index is 12.4. The quantitative estimate of drug-likeness (QED) is 0.362. The third-order valence-corrected chi connectivity index (χ3v) is 6.05. The number of rotatable bonds is 10. The zero-order valence-corrected chi connectivity index (χ0v) is 19.3. The molecule has 35 heavy (non-hydrogen) atoms. The summed E-state index contributed by atoms with van der Waals surface area (Å²) in [4.78, 5) is 35.0. The predicted molar refractivity (Wildman–Crippen MR) is 133 cm³/mol. The van der Waals surface area contributed by atoms with Crippen LogP contribution in [-0.2, 0) is 20.7 Å². The van der Waals surface area contributed by atoms with Crippen molar-refractivity contribution in [1.82, 2.24) is 5.32 Å². The van der Waals surface area contributed by atoms with Crippen LogP contribution in [0, 0.1) is 0 Å². The van der Waals surface area contributed by atoms with Gasteiger partial charge in [0.25, 0.3) is 0 Å². The smallest absolute Gasteiger partial charge is 0.411 e. The van der Waals surface area contributed by atoms with Gasteiger partial charge in [-0.25, -0.2) is 4.79 Å². The van der Waals surface area contributed by atoms with Gasteiger partial charge in [0.2, 0.25) is 5.91 Å². The van der Waals surface area contributed by atoms with E-state index in [9.17, 15) is 14.4 Å². The summed E-state index contributed by atoms with van der Waals surface area (Å²) in [5.41, 5.74) is 6.07. The summed E-state index contributed by atoms with van der Waals surface area (Å²) in [5, 5.41) is 14.2. The number of carbonyl (C=O) groups excluding carboxylic acids is 2. The number of carboxylic acids is 1. The number of fused-ring (bicyclic) bond motifs is 3. The Bertz CT molecular complexity index is 1160. The largest absolute Gasteiger partial charge is 0.481 e. The monoisotopic (exact) mass is 472 g/mol. The van der Waals surface area contributed by atoms with E-state index in [4.69, 9.17) is 9.84 Å². The number of hydrogen-bond donors (Lipinski definition) is 3. The maximum Gasteiger partial charge on any atom is 0.411 e. The lowest BCUT2D eigenvalue weighted by molar-refractivity contribution is -0.137. The number of ether oxygens (including phenoxy) is 1. The number of hydrogen-bond acceptors (Lipinski definition) is 4. The molecule has 0 heterocycles. The van der Waals surface area contributed by atoms with Crippen molar-refractivity contribution < 1.29 is 24.2 Å². The standard InChI is InChI=1S/C28H28N2O5/c31-26(29-16-6-5-11-27(32)33)17-19-12-14-20(15-13-19)30-28(34)35-18-25-23-9-3-1-7-21(23)22-8-2-4-10-24(22)25/h1-4,7-10,12-15,25H,5-6,11,16-18H2,(H,29,31)(H,30,34)(H,32,33). The van der Waals surface area contributed by atoms with Crippen LogP contribution >= 0.6 is 0 Å². The molecule has 7 nitrogen and oxygen atoms in total. The van der Waals surface area contributed by atoms with Crippen molar-refractivity contribution in [2.75, 3.05) is 18.5 Å². The lowest BCUT2D eigenvalue weighted by atomic mass is 9.98. The number of amides is 2. The van der Waals surface area contributed by atoms with Gasteiger partial charge in [0.1, 0.15) is 6.61 Å². The molecule has 3 aromatic rings. The van der Waals surface area contributed by atoms with E-state index in [2.05, 4.69) is 34.9 Å². The number of carboxylic acid groups (broad SMARTS) is 1. The summed E-state index contributed by atoms with van der Waals surface area (Å²) in [6.45, 7) is 0.693. The van der Waals surface area contributed by atoms with Crippen LogP contribution in [0.1, 0.15) is 41.9 Å². The summed E-state index contributed by atoms with van der Waals surface area (Å²) in [6, 6.07) is 23.4. The highest BCUT2D eigenvalue weighted by atomic mass is 16.5. The van der Waals surface area contributed by atoms with E-state index in [1.165, 1.54) is 11.1 Å². The average Bonchev–Trinajstić information content (AvgIpc) is 3.17. The molecule has 0 aliphatic heterocycles. The lowest BCUT2D eigenvalue weighted by Crippen LogP contribution is -2.26. The fraction of sp³-hybridized carbons (Fsp3) is 0.250. The highest BCUT2D eigenvalue weighted by Crippen LogP contribution is 2.44. The Balaban J connectivity index is 1.24. The van der Waals surface area contributed by atoms with Gasteiger partial charge in [0.15, 0.2) is 0 Å². The molecule has 0 saturated heterocycles. The molecule has 0 unspecified atom stereocenters. The molecule has 0 aromatic heterocycles. The summed E-state index contributed by atoms with van der Waals surface area (Å²) >= 11 is 0. The van der Waals surface area contributed by atoms with Crippen LogP contribution in [-0.4, -0.2) is 36.2 Å². The normalized spacial score (nSPS) is 11.9. The highest BCUT2D eigenvalue weighted by molar-refractivity contribution is 5.85. The minimum atomic E-state index is -0.830. The molecule has 0 fully saturated rings. The molecule has 0 atom stereocenters. The van der Waals surface area contributed by atoms with Gasteiger partial charge in [0.05, 0.1) is 6.42 Å². The van der Waals surface area contributed by atoms with Crippen LogP contribution in [0.25, 0.3) is 11.1 Å². The Morgan fingerprint density at radius 1 is 0.829 bits per heavy atom. The first-order chi connectivity index (χ1) is 17.0. The van der Waals surface area contributed by atoms with Gasteiger partial charge in [-0.1, -0.05) is 60.7 Å². The first-order valence-electron chi connectivity index (χ1n) is 11.7. The van der Waals surface area contributed by atoms with Gasteiger partial charge in [-0.05, 0) is 52.8 Å². The van der Waals surface area contributed by atoms with Crippen LogP contribution in [0.4, 0.5) is 10.5 Å². The van der Waals surface area contributed by atoms with Crippen LogP contribution in [0.15, 0.2) is 72.8 Å². The molecule has 1 aliphatic carbocycles. The molecule has 7 heteroatoms. The average molecular weight is 473 g/mol. The second-order valence-electron chi connectivity index (χ2n) is 8.53. The molecule has 180 valence electrons. The summed E-state index contributed by atoms with van der Waals surface area (Å²) in [6.07, 6.45) is 0.948. The van der Waals surface area contributed by atoms with Crippen LogP contribution in [0.3, 0.4) is 0 Å². The number of unbranched alkanes of at least 4 members (excludes halogenated alkanes) is 1. The van der Waals surface area contributed by atoms with Gasteiger partial charge in [-0.3, -0.25) is 14.9 Å². The lowest BCUT2D eigenvalue weighted by Gasteiger charge is -2.14. The Labute approximate surface area is 204 Å². The predicted octanol–water partition coefficient (Wildman–Crippen LogP) is 4.96. The van der Waals surface area contributed by atoms with Crippen LogP contribution in [0.2, 0.25) is 0 Å². The second kappa shape index (κ2) is 11.3. The first kappa shape index (κ1) is 24.0. The molecular formula is C28H28N2O5. The van der Waals surface area contributed by atoms with E-state index in [0.29, 0.717) is 25.1 Å². The molecule has 3 aromatic carbocycles. The Hall–Kier alpha value is -4.13. The third kappa shape index (κ3) is 6.26. The molecule has 3 N–H and O–H groups in total. The fourth-order valence-electron chi connectivity index (χ4n) is 4.34. The molecule has 1 aliphatic rings. The minimum Gasteiger partial charge on any atom is -0.481 e. The molecular weight excluding hydrogens is 444 g/mol. The van der Waals surface area contributed by atoms with Gasteiger partial charge in [0, 0.05) is 24.6 Å². The number of benzene rings is 3. The number of aliphatic carboxylic acids is 1. The van der Waals surface area contributed by atoms with Gasteiger partial charge >= 0.3 is 12.1 Å². The number of anilines is 1. The third-order valence-electron chi connectivity index (χ3n) is 6.05. The Morgan fingerprint density at radius 2 is 1.46 bits per heavy atom. The molecule has 0 bridgehead atoms. The van der Waals surface area contributed by atoms with Crippen molar-refractivity contribution in [1.29, 1.82) is 0 Å². The minimum absolute atomic E-state index is 0.00170. The zero-order valence-electron chi connectivity index (χ0n) is 19.3. The first-order valence-corrected chi connectivity index (χ1v) is 11.7. The van der Waals surface area contributed by atoms with E-state index >= 15 is 0 Å². The van der Waals surface area contributed by atoms with Crippen molar-refractivity contribution in [3.05, 3.63) is 89.5 Å². The molecule has 4 rings (SSSR count). The fourth-order valence-corrected chi connectivity index (χ4v) is 4.34.